The third kappa shape index (κ3) is 8.93. The Morgan fingerprint density at radius 3 is 2.17 bits per heavy atom. The largest absolute Gasteiger partial charge is 0.381 e. The van der Waals surface area contributed by atoms with Crippen LogP contribution in [0.25, 0.3) is 0 Å². The summed E-state index contributed by atoms with van der Waals surface area (Å²) >= 11 is 0. The van der Waals surface area contributed by atoms with E-state index in [2.05, 4.69) is 12.2 Å². The highest BCUT2D eigenvalue weighted by molar-refractivity contribution is 4.65. The molecule has 0 saturated carbocycles. The van der Waals surface area contributed by atoms with Crippen molar-refractivity contribution in [1.29, 1.82) is 0 Å². The Morgan fingerprint density at radius 2 is 1.50 bits per heavy atom. The minimum atomic E-state index is 0.868. The predicted molar refractivity (Wildman–Crippen MR) is 79.0 cm³/mol. The van der Waals surface area contributed by atoms with E-state index < -0.39 is 0 Å². The van der Waals surface area contributed by atoms with Gasteiger partial charge >= 0.3 is 0 Å². The molecule has 0 aromatic carbocycles. The van der Waals surface area contributed by atoms with Crippen molar-refractivity contribution in [2.75, 3.05) is 26.3 Å². The molecule has 0 aromatic rings. The third-order valence-electron chi connectivity index (χ3n) is 3.98. The van der Waals surface area contributed by atoms with Gasteiger partial charge in [-0.15, -0.1) is 0 Å². The summed E-state index contributed by atoms with van der Waals surface area (Å²) < 4.78 is 5.37. The molecule has 0 atom stereocenters. The van der Waals surface area contributed by atoms with E-state index in [-0.39, 0.29) is 0 Å². The summed E-state index contributed by atoms with van der Waals surface area (Å²) in [6.45, 7) is 6.66. The number of hydrogen-bond acceptors (Lipinski definition) is 2. The molecule has 1 rings (SSSR count). The Balaban J connectivity index is 1.73. The lowest BCUT2D eigenvalue weighted by atomic mass is 10.0. The van der Waals surface area contributed by atoms with Gasteiger partial charge in [-0.2, -0.15) is 0 Å². The average molecular weight is 255 g/mol. The van der Waals surface area contributed by atoms with Gasteiger partial charge in [-0.25, -0.2) is 0 Å². The Morgan fingerprint density at radius 1 is 0.889 bits per heavy atom. The fraction of sp³-hybridized carbons (Fsp3) is 1.00. The van der Waals surface area contributed by atoms with E-state index in [0.717, 1.165) is 19.1 Å². The summed E-state index contributed by atoms with van der Waals surface area (Å²) in [7, 11) is 0. The normalized spacial score (nSPS) is 17.2. The van der Waals surface area contributed by atoms with E-state index in [9.17, 15) is 0 Å². The van der Waals surface area contributed by atoms with Crippen molar-refractivity contribution in [2.24, 2.45) is 5.92 Å². The summed E-state index contributed by atoms with van der Waals surface area (Å²) in [5, 5.41) is 3.61. The standard InChI is InChI=1S/C16H33NO/c1-2-3-4-5-6-7-8-9-12-17-15-16-10-13-18-14-11-16/h16-17H,2-15H2,1H3. The Kier molecular flexibility index (Phi) is 10.6. The molecule has 1 saturated heterocycles. The number of rotatable bonds is 11. The SMILES string of the molecule is CCCCCCCCCCNCC1CCOCC1. The number of ether oxygens (including phenoxy) is 1. The molecule has 2 heteroatoms. The van der Waals surface area contributed by atoms with Gasteiger partial charge in [0, 0.05) is 13.2 Å². The molecule has 1 N–H and O–H groups in total. The molecule has 2 nitrogen and oxygen atoms in total. The van der Waals surface area contributed by atoms with Crippen molar-refractivity contribution >= 4 is 0 Å². The van der Waals surface area contributed by atoms with Crippen molar-refractivity contribution in [1.82, 2.24) is 5.32 Å². The molecule has 18 heavy (non-hydrogen) atoms. The van der Waals surface area contributed by atoms with Crippen molar-refractivity contribution in [2.45, 2.75) is 71.1 Å². The van der Waals surface area contributed by atoms with E-state index in [1.54, 1.807) is 0 Å². The molecule has 0 amide bonds. The summed E-state index contributed by atoms with van der Waals surface area (Å²) in [4.78, 5) is 0. The lowest BCUT2D eigenvalue weighted by molar-refractivity contribution is 0.0663. The van der Waals surface area contributed by atoms with Crippen LogP contribution in [0.5, 0.6) is 0 Å². The quantitative estimate of drug-likeness (QED) is 0.560. The van der Waals surface area contributed by atoms with E-state index in [4.69, 9.17) is 4.74 Å². The lowest BCUT2D eigenvalue weighted by Gasteiger charge is -2.22. The molecular weight excluding hydrogens is 222 g/mol. The van der Waals surface area contributed by atoms with Crippen LogP contribution in [0.15, 0.2) is 0 Å². The van der Waals surface area contributed by atoms with E-state index in [0.29, 0.717) is 0 Å². The Labute approximate surface area is 114 Å². The molecule has 1 aliphatic heterocycles. The van der Waals surface area contributed by atoms with Crippen molar-refractivity contribution in [3.8, 4) is 0 Å². The molecular formula is C16H33NO. The van der Waals surface area contributed by atoms with Crippen LogP contribution in [0.4, 0.5) is 0 Å². The van der Waals surface area contributed by atoms with Crippen LogP contribution in [0, 0.1) is 5.92 Å². The van der Waals surface area contributed by atoms with E-state index in [1.165, 1.54) is 77.3 Å². The molecule has 1 aliphatic rings. The lowest BCUT2D eigenvalue weighted by Crippen LogP contribution is -2.28. The zero-order valence-corrected chi connectivity index (χ0v) is 12.4. The van der Waals surface area contributed by atoms with Gasteiger partial charge in [-0.05, 0) is 38.3 Å². The van der Waals surface area contributed by atoms with Gasteiger partial charge in [0.15, 0.2) is 0 Å². The first-order valence-electron chi connectivity index (χ1n) is 8.22. The summed E-state index contributed by atoms with van der Waals surface area (Å²) in [5.41, 5.74) is 0. The molecule has 0 aliphatic carbocycles. The number of unbranched alkanes of at least 4 members (excludes halogenated alkanes) is 7. The zero-order valence-electron chi connectivity index (χ0n) is 12.4. The summed E-state index contributed by atoms with van der Waals surface area (Å²) in [5.74, 6) is 0.868. The van der Waals surface area contributed by atoms with Crippen LogP contribution in [-0.4, -0.2) is 26.3 Å². The van der Waals surface area contributed by atoms with Crippen LogP contribution >= 0.6 is 0 Å². The molecule has 108 valence electrons. The Hall–Kier alpha value is -0.0800. The highest BCUT2D eigenvalue weighted by Crippen LogP contribution is 2.13. The smallest absolute Gasteiger partial charge is 0.0469 e. The third-order valence-corrected chi connectivity index (χ3v) is 3.98. The monoisotopic (exact) mass is 255 g/mol. The van der Waals surface area contributed by atoms with Crippen LogP contribution in [-0.2, 0) is 4.74 Å². The number of nitrogens with one attached hydrogen (secondary N) is 1. The summed E-state index contributed by atoms with van der Waals surface area (Å²) in [6.07, 6.45) is 13.8. The first-order chi connectivity index (χ1) is 8.93. The second-order valence-corrected chi connectivity index (χ2v) is 5.73. The average Bonchev–Trinajstić information content (AvgIpc) is 2.42. The van der Waals surface area contributed by atoms with Crippen LogP contribution in [0.1, 0.15) is 71.1 Å². The molecule has 0 aromatic heterocycles. The molecule has 0 spiro atoms. The Bertz CT molecular complexity index is 166. The van der Waals surface area contributed by atoms with E-state index >= 15 is 0 Å². The molecule has 1 fully saturated rings. The molecule has 0 unspecified atom stereocenters. The molecule has 1 heterocycles. The van der Waals surface area contributed by atoms with Crippen molar-refractivity contribution in [3.63, 3.8) is 0 Å². The van der Waals surface area contributed by atoms with Crippen molar-refractivity contribution in [3.05, 3.63) is 0 Å². The highest BCUT2D eigenvalue weighted by atomic mass is 16.5. The fourth-order valence-electron chi connectivity index (χ4n) is 2.64. The maximum Gasteiger partial charge on any atom is 0.0469 e. The van der Waals surface area contributed by atoms with Gasteiger partial charge in [-0.1, -0.05) is 51.9 Å². The first kappa shape index (κ1) is 16.0. The molecule has 0 bridgehead atoms. The first-order valence-corrected chi connectivity index (χ1v) is 8.22. The van der Waals surface area contributed by atoms with Gasteiger partial charge in [0.05, 0.1) is 0 Å². The second-order valence-electron chi connectivity index (χ2n) is 5.73. The minimum absolute atomic E-state index is 0.868. The van der Waals surface area contributed by atoms with Gasteiger partial charge in [-0.3, -0.25) is 0 Å². The van der Waals surface area contributed by atoms with Crippen LogP contribution < -0.4 is 5.32 Å². The fourth-order valence-corrected chi connectivity index (χ4v) is 2.64. The maximum absolute atomic E-state index is 5.37. The minimum Gasteiger partial charge on any atom is -0.381 e. The summed E-state index contributed by atoms with van der Waals surface area (Å²) in [6, 6.07) is 0. The topological polar surface area (TPSA) is 21.3 Å². The highest BCUT2D eigenvalue weighted by Gasteiger charge is 2.12. The van der Waals surface area contributed by atoms with Gasteiger partial charge < -0.3 is 10.1 Å². The van der Waals surface area contributed by atoms with Crippen molar-refractivity contribution < 1.29 is 4.74 Å². The zero-order chi connectivity index (χ0) is 12.9. The number of hydrogen-bond donors (Lipinski definition) is 1. The molecule has 0 radical (unpaired) electrons. The van der Waals surface area contributed by atoms with Gasteiger partial charge in [0.1, 0.15) is 0 Å². The van der Waals surface area contributed by atoms with Gasteiger partial charge in [0.25, 0.3) is 0 Å². The predicted octanol–water partition coefficient (Wildman–Crippen LogP) is 4.14. The van der Waals surface area contributed by atoms with E-state index in [1.807, 2.05) is 0 Å². The van der Waals surface area contributed by atoms with Crippen LogP contribution in [0.3, 0.4) is 0 Å². The van der Waals surface area contributed by atoms with Gasteiger partial charge in [0.2, 0.25) is 0 Å². The second kappa shape index (κ2) is 12.0. The van der Waals surface area contributed by atoms with Crippen LogP contribution in [0.2, 0.25) is 0 Å². The maximum atomic E-state index is 5.37.